The van der Waals surface area contributed by atoms with Crippen LogP contribution in [0.15, 0.2) is 55.1 Å². The van der Waals surface area contributed by atoms with Crippen molar-refractivity contribution >= 4 is 11.7 Å². The number of hydrogen-bond donors (Lipinski definition) is 1. The smallest absolute Gasteiger partial charge is 0.431 e. The third kappa shape index (κ3) is 4.07. The molecule has 110 valence electrons. The molecule has 0 spiro atoms. The van der Waals surface area contributed by atoms with Gasteiger partial charge in [-0.2, -0.15) is 5.48 Å². The normalized spacial score (nSPS) is 20.4. The summed E-state index contributed by atoms with van der Waals surface area (Å²) in [4.78, 5) is 15.9. The van der Waals surface area contributed by atoms with Gasteiger partial charge in [0.2, 0.25) is 0 Å². The summed E-state index contributed by atoms with van der Waals surface area (Å²) in [5.74, 6) is 0.0803. The predicted molar refractivity (Wildman–Crippen MR) is 82.6 cm³/mol. The third-order valence-corrected chi connectivity index (χ3v) is 3.31. The van der Waals surface area contributed by atoms with Crippen LogP contribution in [0.3, 0.4) is 0 Å². The Kier molecular flexibility index (Phi) is 5.35. The number of hydroxylamine groups is 1. The summed E-state index contributed by atoms with van der Waals surface area (Å²) < 4.78 is 5.19. The zero-order chi connectivity index (χ0) is 15.1. The molecular weight excluding hydrogens is 266 g/mol. The zero-order valence-electron chi connectivity index (χ0n) is 12.0. The highest BCUT2D eigenvalue weighted by Gasteiger charge is 2.17. The van der Waals surface area contributed by atoms with Crippen LogP contribution in [0, 0.1) is 0 Å². The molecule has 0 aliphatic heterocycles. The summed E-state index contributed by atoms with van der Waals surface area (Å²) >= 11 is 0. The Morgan fingerprint density at radius 3 is 3.00 bits per heavy atom. The molecule has 0 saturated heterocycles. The van der Waals surface area contributed by atoms with E-state index in [1.807, 2.05) is 36.4 Å². The number of rotatable bonds is 3. The fourth-order valence-electron chi connectivity index (χ4n) is 2.30. The van der Waals surface area contributed by atoms with Crippen molar-refractivity contribution in [2.24, 2.45) is 0 Å². The van der Waals surface area contributed by atoms with Crippen molar-refractivity contribution in [3.05, 3.63) is 66.3 Å². The van der Waals surface area contributed by atoms with E-state index in [0.717, 1.165) is 23.1 Å². The van der Waals surface area contributed by atoms with E-state index in [2.05, 4.69) is 29.0 Å². The molecule has 1 aromatic carbocycles. The van der Waals surface area contributed by atoms with E-state index in [4.69, 9.17) is 4.74 Å². The first-order valence-electron chi connectivity index (χ1n) is 6.79. The van der Waals surface area contributed by atoms with E-state index in [1.54, 1.807) is 0 Å². The molecular formula is C17H19NO3. The second-order valence-electron chi connectivity index (χ2n) is 4.74. The average Bonchev–Trinajstić information content (AvgIpc) is 2.56. The summed E-state index contributed by atoms with van der Waals surface area (Å²) in [6.45, 7) is 4.38. The van der Waals surface area contributed by atoms with Crippen LogP contribution in [0.25, 0.3) is 5.57 Å². The summed E-state index contributed by atoms with van der Waals surface area (Å²) in [6.07, 6.45) is 8.20. The average molecular weight is 285 g/mol. The monoisotopic (exact) mass is 285 g/mol. The number of nitrogens with one attached hydrogen (secondary N) is 1. The quantitative estimate of drug-likeness (QED) is 0.863. The Labute approximate surface area is 124 Å². The highest BCUT2D eigenvalue weighted by Crippen LogP contribution is 2.30. The second kappa shape index (κ2) is 7.45. The van der Waals surface area contributed by atoms with Crippen LogP contribution in [0.2, 0.25) is 0 Å². The topological polar surface area (TPSA) is 47.6 Å². The van der Waals surface area contributed by atoms with Gasteiger partial charge >= 0.3 is 6.09 Å². The molecule has 0 aromatic heterocycles. The van der Waals surface area contributed by atoms with Gasteiger partial charge in [0.1, 0.15) is 6.61 Å². The largest absolute Gasteiger partial charge is 0.447 e. The van der Waals surface area contributed by atoms with Gasteiger partial charge in [0.25, 0.3) is 0 Å². The Morgan fingerprint density at radius 1 is 1.38 bits per heavy atom. The molecule has 1 aliphatic carbocycles. The fraction of sp³-hybridized carbons (Fsp3) is 0.235. The lowest BCUT2D eigenvalue weighted by Crippen LogP contribution is -2.25. The van der Waals surface area contributed by atoms with Crippen LogP contribution >= 0.6 is 0 Å². The molecule has 1 atom stereocenters. The highest BCUT2D eigenvalue weighted by molar-refractivity contribution is 5.75. The number of amides is 1. The first-order chi connectivity index (χ1) is 10.2. The van der Waals surface area contributed by atoms with Crippen molar-refractivity contribution in [3.63, 3.8) is 0 Å². The van der Waals surface area contributed by atoms with E-state index in [-0.39, 0.29) is 12.5 Å². The molecule has 4 nitrogen and oxygen atoms in total. The van der Waals surface area contributed by atoms with Crippen molar-refractivity contribution < 1.29 is 14.4 Å². The Morgan fingerprint density at radius 2 is 2.19 bits per heavy atom. The Balaban J connectivity index is 2.22. The molecule has 0 bridgehead atoms. The van der Waals surface area contributed by atoms with E-state index < -0.39 is 6.09 Å². The lowest BCUT2D eigenvalue weighted by molar-refractivity contribution is 0.0558. The maximum atomic E-state index is 11.4. The minimum absolute atomic E-state index is 0.0803. The van der Waals surface area contributed by atoms with Gasteiger partial charge in [0.15, 0.2) is 0 Å². The molecule has 0 fully saturated rings. The third-order valence-electron chi connectivity index (χ3n) is 3.31. The zero-order valence-corrected chi connectivity index (χ0v) is 12.0. The molecule has 1 unspecified atom stereocenters. The maximum absolute atomic E-state index is 11.4. The lowest BCUT2D eigenvalue weighted by atomic mass is 9.89. The van der Waals surface area contributed by atoms with Crippen molar-refractivity contribution in [2.75, 3.05) is 13.7 Å². The number of hydrogen-bond acceptors (Lipinski definition) is 3. The van der Waals surface area contributed by atoms with E-state index >= 15 is 0 Å². The number of carbonyl (C=O) groups excluding carboxylic acids is 1. The van der Waals surface area contributed by atoms with Gasteiger partial charge in [-0.1, -0.05) is 55.1 Å². The number of carbonyl (C=O) groups is 1. The molecule has 1 aliphatic rings. The van der Waals surface area contributed by atoms with Gasteiger partial charge in [0, 0.05) is 5.92 Å². The molecule has 1 amide bonds. The molecule has 1 aromatic rings. The predicted octanol–water partition coefficient (Wildman–Crippen LogP) is 3.59. The van der Waals surface area contributed by atoms with E-state index in [0.29, 0.717) is 0 Å². The Bertz CT molecular complexity index is 575. The van der Waals surface area contributed by atoms with Gasteiger partial charge in [0.05, 0.1) is 7.11 Å². The standard InChI is InChI=1S/C17H19NO3/c1-13-8-4-3-5-9-14(12-21-17(19)18-20-2)16-11-7-6-10-15(13)16/h3-8,10-11,14H,1,9,12H2,2H3,(H,18,19)/b5-3-,8-4-. The first-order valence-corrected chi connectivity index (χ1v) is 6.79. The van der Waals surface area contributed by atoms with Crippen molar-refractivity contribution in [1.82, 2.24) is 5.48 Å². The summed E-state index contributed by atoms with van der Waals surface area (Å²) in [6, 6.07) is 8.06. The van der Waals surface area contributed by atoms with Gasteiger partial charge in [-0.25, -0.2) is 4.79 Å². The molecule has 0 radical (unpaired) electrons. The van der Waals surface area contributed by atoms with Crippen LogP contribution < -0.4 is 5.48 Å². The Hall–Kier alpha value is -2.33. The van der Waals surface area contributed by atoms with Gasteiger partial charge in [-0.05, 0) is 23.1 Å². The molecule has 21 heavy (non-hydrogen) atoms. The van der Waals surface area contributed by atoms with Crippen LogP contribution in [0.4, 0.5) is 4.79 Å². The van der Waals surface area contributed by atoms with E-state index in [1.165, 1.54) is 7.11 Å². The van der Waals surface area contributed by atoms with Gasteiger partial charge in [-0.3, -0.25) is 4.84 Å². The van der Waals surface area contributed by atoms with Gasteiger partial charge in [-0.15, -0.1) is 0 Å². The van der Waals surface area contributed by atoms with Crippen LogP contribution in [0.5, 0.6) is 0 Å². The van der Waals surface area contributed by atoms with Crippen molar-refractivity contribution in [2.45, 2.75) is 12.3 Å². The number of fused-ring (bicyclic) bond motifs is 1. The SMILES string of the molecule is C=C1/C=C\C=C/CC(COC(=O)NOC)c2ccccc21. The van der Waals surface area contributed by atoms with Crippen LogP contribution in [0.1, 0.15) is 23.5 Å². The fourth-order valence-corrected chi connectivity index (χ4v) is 2.30. The van der Waals surface area contributed by atoms with Crippen LogP contribution in [-0.2, 0) is 9.57 Å². The summed E-state index contributed by atoms with van der Waals surface area (Å²) in [5, 5.41) is 0. The van der Waals surface area contributed by atoms with E-state index in [9.17, 15) is 4.79 Å². The summed E-state index contributed by atoms with van der Waals surface area (Å²) in [7, 11) is 1.37. The minimum atomic E-state index is -0.587. The molecule has 1 N–H and O–H groups in total. The molecule has 0 saturated carbocycles. The van der Waals surface area contributed by atoms with Gasteiger partial charge < -0.3 is 4.74 Å². The lowest BCUT2D eigenvalue weighted by Gasteiger charge is -2.19. The number of ether oxygens (including phenoxy) is 1. The van der Waals surface area contributed by atoms with Crippen molar-refractivity contribution in [3.8, 4) is 0 Å². The number of benzene rings is 1. The second-order valence-corrected chi connectivity index (χ2v) is 4.74. The van der Waals surface area contributed by atoms with Crippen molar-refractivity contribution in [1.29, 1.82) is 0 Å². The molecule has 4 heteroatoms. The minimum Gasteiger partial charge on any atom is -0.447 e. The van der Waals surface area contributed by atoms with Crippen LogP contribution in [-0.4, -0.2) is 19.8 Å². The maximum Gasteiger partial charge on any atom is 0.431 e. The summed E-state index contributed by atoms with van der Waals surface area (Å²) in [5.41, 5.74) is 5.31. The number of allylic oxidation sites excluding steroid dienone is 5. The molecule has 0 heterocycles. The highest BCUT2D eigenvalue weighted by atomic mass is 16.7. The molecule has 2 rings (SSSR count). The first kappa shape index (κ1) is 15.1.